The summed E-state index contributed by atoms with van der Waals surface area (Å²) in [6, 6.07) is 2.55. The number of hydrogen-bond donors (Lipinski definition) is 3. The number of anilines is 1. The molecule has 0 fully saturated rings. The van der Waals surface area contributed by atoms with Crippen LogP contribution in [0.1, 0.15) is 29.8 Å². The van der Waals surface area contributed by atoms with Crippen molar-refractivity contribution in [2.24, 2.45) is 0 Å². The van der Waals surface area contributed by atoms with Crippen molar-refractivity contribution in [1.82, 2.24) is 9.88 Å². The molecule has 7 nitrogen and oxygen atoms in total. The van der Waals surface area contributed by atoms with Gasteiger partial charge in [-0.25, -0.2) is 14.6 Å². The van der Waals surface area contributed by atoms with E-state index in [1.54, 1.807) is 7.05 Å². The Hall–Kier alpha value is -2.15. The van der Waals surface area contributed by atoms with E-state index in [2.05, 4.69) is 10.3 Å². The van der Waals surface area contributed by atoms with Crippen molar-refractivity contribution < 1.29 is 19.8 Å². The molecule has 0 spiro atoms. The number of carboxylic acids is 1. The first-order valence-electron chi connectivity index (χ1n) is 6.37. The Kier molecular flexibility index (Phi) is 6.45. The molecule has 1 aromatic rings. The van der Waals surface area contributed by atoms with Crippen LogP contribution in [0.5, 0.6) is 0 Å². The van der Waals surface area contributed by atoms with Crippen LogP contribution in [-0.4, -0.2) is 52.3 Å². The van der Waals surface area contributed by atoms with E-state index in [4.69, 9.17) is 10.2 Å². The Morgan fingerprint density at radius 1 is 1.30 bits per heavy atom. The van der Waals surface area contributed by atoms with E-state index in [9.17, 15) is 9.59 Å². The first-order chi connectivity index (χ1) is 9.54. The highest BCUT2D eigenvalue weighted by Crippen LogP contribution is 2.07. The van der Waals surface area contributed by atoms with E-state index in [0.29, 0.717) is 12.2 Å². The molecule has 2 amide bonds. The van der Waals surface area contributed by atoms with E-state index in [-0.39, 0.29) is 18.3 Å². The maximum atomic E-state index is 11.8. The largest absolute Gasteiger partial charge is 0.477 e. The molecule has 3 N–H and O–H groups in total. The van der Waals surface area contributed by atoms with Crippen molar-refractivity contribution in [2.75, 3.05) is 25.5 Å². The average molecular weight is 281 g/mol. The van der Waals surface area contributed by atoms with Gasteiger partial charge in [-0.2, -0.15) is 0 Å². The Morgan fingerprint density at radius 2 is 2.05 bits per heavy atom. The number of aliphatic hydroxyl groups excluding tert-OH is 1. The van der Waals surface area contributed by atoms with Gasteiger partial charge in [-0.05, 0) is 31.4 Å². The van der Waals surface area contributed by atoms with E-state index >= 15 is 0 Å². The molecule has 7 heteroatoms. The lowest BCUT2D eigenvalue weighted by Crippen LogP contribution is -2.32. The number of pyridine rings is 1. The van der Waals surface area contributed by atoms with E-state index < -0.39 is 5.97 Å². The number of amides is 2. The number of rotatable bonds is 7. The number of carbonyl (C=O) groups is 2. The van der Waals surface area contributed by atoms with Gasteiger partial charge in [-0.1, -0.05) is 0 Å². The fraction of sp³-hybridized carbons (Fsp3) is 0.462. The lowest BCUT2D eigenvalue weighted by atomic mass is 10.2. The minimum atomic E-state index is -1.11. The zero-order valence-electron chi connectivity index (χ0n) is 11.4. The van der Waals surface area contributed by atoms with Gasteiger partial charge in [0.25, 0.3) is 0 Å². The molecule has 1 heterocycles. The average Bonchev–Trinajstić information content (AvgIpc) is 2.44. The Labute approximate surface area is 117 Å². The minimum Gasteiger partial charge on any atom is -0.477 e. The van der Waals surface area contributed by atoms with Crippen LogP contribution < -0.4 is 5.32 Å². The molecule has 0 radical (unpaired) electrons. The first kappa shape index (κ1) is 15.9. The maximum absolute atomic E-state index is 11.8. The Balaban J connectivity index is 2.42. The van der Waals surface area contributed by atoms with E-state index in [1.165, 1.54) is 23.2 Å². The molecule has 1 aromatic heterocycles. The van der Waals surface area contributed by atoms with Gasteiger partial charge >= 0.3 is 12.0 Å². The van der Waals surface area contributed by atoms with Crippen LogP contribution in [0, 0.1) is 0 Å². The predicted molar refractivity (Wildman–Crippen MR) is 73.8 cm³/mol. The van der Waals surface area contributed by atoms with Crippen molar-refractivity contribution >= 4 is 17.7 Å². The van der Waals surface area contributed by atoms with Crippen LogP contribution in [0.25, 0.3) is 0 Å². The van der Waals surface area contributed by atoms with Gasteiger partial charge in [0.05, 0.1) is 11.9 Å². The molecule has 0 saturated heterocycles. The number of carbonyl (C=O) groups excluding carboxylic acids is 1. The van der Waals surface area contributed by atoms with Crippen molar-refractivity contribution in [3.63, 3.8) is 0 Å². The standard InChI is InChI=1S/C13H19N3O4/c1-16(7-3-2-4-8-17)13(20)15-10-5-6-11(12(18)19)14-9-10/h5-6,9,17H,2-4,7-8H2,1H3,(H,15,20)(H,18,19). The minimum absolute atomic E-state index is 0.0691. The number of aliphatic hydroxyl groups is 1. The summed E-state index contributed by atoms with van der Waals surface area (Å²) in [5.74, 6) is -1.11. The summed E-state index contributed by atoms with van der Waals surface area (Å²) in [6.07, 6.45) is 3.72. The number of aromatic nitrogens is 1. The molecule has 0 bridgehead atoms. The number of urea groups is 1. The van der Waals surface area contributed by atoms with Gasteiger partial charge in [0.1, 0.15) is 5.69 Å². The van der Waals surface area contributed by atoms with Gasteiger partial charge in [-0.3, -0.25) is 0 Å². The SMILES string of the molecule is CN(CCCCCO)C(=O)Nc1ccc(C(=O)O)nc1. The topological polar surface area (TPSA) is 103 Å². The Morgan fingerprint density at radius 3 is 2.60 bits per heavy atom. The van der Waals surface area contributed by atoms with Gasteiger partial charge < -0.3 is 20.4 Å². The third kappa shape index (κ3) is 5.23. The molecule has 0 aliphatic carbocycles. The van der Waals surface area contributed by atoms with Crippen LogP contribution in [0.15, 0.2) is 18.3 Å². The monoisotopic (exact) mass is 281 g/mol. The van der Waals surface area contributed by atoms with Crippen LogP contribution in [0.3, 0.4) is 0 Å². The summed E-state index contributed by atoms with van der Waals surface area (Å²) in [7, 11) is 1.67. The van der Waals surface area contributed by atoms with Crippen LogP contribution >= 0.6 is 0 Å². The number of nitrogens with one attached hydrogen (secondary N) is 1. The summed E-state index contributed by atoms with van der Waals surface area (Å²) in [5, 5.41) is 20.0. The van der Waals surface area contributed by atoms with Crippen molar-refractivity contribution in [1.29, 1.82) is 0 Å². The first-order valence-corrected chi connectivity index (χ1v) is 6.37. The molecule has 0 aliphatic heterocycles. The zero-order valence-corrected chi connectivity index (χ0v) is 11.4. The molecule has 0 unspecified atom stereocenters. The number of aromatic carboxylic acids is 1. The lowest BCUT2D eigenvalue weighted by molar-refractivity contribution is 0.0690. The third-order valence-electron chi connectivity index (χ3n) is 2.73. The zero-order chi connectivity index (χ0) is 15.0. The fourth-order valence-corrected chi connectivity index (χ4v) is 1.55. The smallest absolute Gasteiger partial charge is 0.354 e. The summed E-state index contributed by atoms with van der Waals surface area (Å²) in [4.78, 5) is 27.7. The summed E-state index contributed by atoms with van der Waals surface area (Å²) in [6.45, 7) is 0.754. The number of carboxylic acid groups (broad SMARTS) is 1. The number of hydrogen-bond acceptors (Lipinski definition) is 4. The predicted octanol–water partition coefficient (Wildman–Crippen LogP) is 1.41. The quantitative estimate of drug-likeness (QED) is 0.656. The lowest BCUT2D eigenvalue weighted by Gasteiger charge is -2.17. The molecular weight excluding hydrogens is 262 g/mol. The van der Waals surface area contributed by atoms with Crippen LogP contribution in [0.2, 0.25) is 0 Å². The van der Waals surface area contributed by atoms with E-state index in [0.717, 1.165) is 19.3 Å². The van der Waals surface area contributed by atoms with Crippen molar-refractivity contribution in [2.45, 2.75) is 19.3 Å². The number of nitrogens with zero attached hydrogens (tertiary/aromatic N) is 2. The van der Waals surface area contributed by atoms with Crippen LogP contribution in [0.4, 0.5) is 10.5 Å². The van der Waals surface area contributed by atoms with Gasteiger partial charge in [0.15, 0.2) is 0 Å². The van der Waals surface area contributed by atoms with Gasteiger partial charge in [0, 0.05) is 20.2 Å². The third-order valence-corrected chi connectivity index (χ3v) is 2.73. The molecule has 110 valence electrons. The van der Waals surface area contributed by atoms with Crippen molar-refractivity contribution in [3.05, 3.63) is 24.0 Å². The number of unbranched alkanes of at least 4 members (excludes halogenated alkanes) is 2. The molecule has 0 atom stereocenters. The highest BCUT2D eigenvalue weighted by molar-refractivity contribution is 5.90. The molecule has 1 rings (SSSR count). The van der Waals surface area contributed by atoms with Gasteiger partial charge in [0.2, 0.25) is 0 Å². The highest BCUT2D eigenvalue weighted by atomic mass is 16.4. The highest BCUT2D eigenvalue weighted by Gasteiger charge is 2.09. The maximum Gasteiger partial charge on any atom is 0.354 e. The van der Waals surface area contributed by atoms with Gasteiger partial charge in [-0.15, -0.1) is 0 Å². The molecule has 0 aromatic carbocycles. The second kappa shape index (κ2) is 8.11. The van der Waals surface area contributed by atoms with Crippen LogP contribution in [-0.2, 0) is 0 Å². The Bertz CT molecular complexity index is 447. The van der Waals surface area contributed by atoms with Crippen molar-refractivity contribution in [3.8, 4) is 0 Å². The summed E-state index contributed by atoms with van der Waals surface area (Å²) in [5.41, 5.74) is 0.377. The van der Waals surface area contributed by atoms with E-state index in [1.807, 2.05) is 0 Å². The summed E-state index contributed by atoms with van der Waals surface area (Å²) < 4.78 is 0. The molecule has 0 saturated carbocycles. The molecular formula is C13H19N3O4. The fourth-order valence-electron chi connectivity index (χ4n) is 1.55. The second-order valence-electron chi connectivity index (χ2n) is 4.37. The summed E-state index contributed by atoms with van der Waals surface area (Å²) >= 11 is 0. The molecule has 20 heavy (non-hydrogen) atoms. The second-order valence-corrected chi connectivity index (χ2v) is 4.37. The molecule has 0 aliphatic rings. The normalized spacial score (nSPS) is 10.1.